The fourth-order valence-corrected chi connectivity index (χ4v) is 3.69. The van der Waals surface area contributed by atoms with E-state index in [0.717, 1.165) is 11.3 Å². The summed E-state index contributed by atoms with van der Waals surface area (Å²) in [7, 11) is 0. The molecule has 0 bridgehead atoms. The number of thiophene rings is 1. The minimum absolute atomic E-state index is 0.0123. The Hall–Kier alpha value is -1.56. The molecule has 6 heteroatoms. The van der Waals surface area contributed by atoms with Crippen molar-refractivity contribution in [3.05, 3.63) is 22.4 Å². The first-order valence-corrected chi connectivity index (χ1v) is 8.18. The van der Waals surface area contributed by atoms with Crippen molar-refractivity contribution in [2.24, 2.45) is 11.8 Å². The van der Waals surface area contributed by atoms with Crippen LogP contribution in [0.2, 0.25) is 0 Å². The second-order valence-electron chi connectivity index (χ2n) is 5.90. The Morgan fingerprint density at radius 3 is 2.67 bits per heavy atom. The van der Waals surface area contributed by atoms with E-state index in [1.165, 1.54) is 0 Å². The van der Waals surface area contributed by atoms with Gasteiger partial charge < -0.3 is 15.7 Å². The number of hydrogen-bond donors (Lipinski definition) is 3. The van der Waals surface area contributed by atoms with Crippen LogP contribution in [0.3, 0.4) is 0 Å². The maximum atomic E-state index is 12.1. The van der Waals surface area contributed by atoms with Crippen LogP contribution in [0.5, 0.6) is 0 Å². The van der Waals surface area contributed by atoms with Gasteiger partial charge in [-0.15, -0.1) is 11.3 Å². The van der Waals surface area contributed by atoms with Gasteiger partial charge in [0.1, 0.15) is 0 Å². The molecule has 1 unspecified atom stereocenters. The van der Waals surface area contributed by atoms with Crippen LogP contribution in [0.4, 0.5) is 4.79 Å². The van der Waals surface area contributed by atoms with Crippen molar-refractivity contribution in [3.63, 3.8) is 0 Å². The van der Waals surface area contributed by atoms with Gasteiger partial charge in [0.25, 0.3) is 0 Å². The van der Waals surface area contributed by atoms with E-state index in [9.17, 15) is 9.59 Å². The molecule has 0 radical (unpaired) electrons. The zero-order valence-corrected chi connectivity index (χ0v) is 13.2. The van der Waals surface area contributed by atoms with E-state index in [-0.39, 0.29) is 24.0 Å². The molecule has 5 nitrogen and oxygen atoms in total. The maximum Gasteiger partial charge on any atom is 0.315 e. The Balaban J connectivity index is 1.87. The Bertz CT molecular complexity index is 487. The van der Waals surface area contributed by atoms with Gasteiger partial charge in [-0.2, -0.15) is 0 Å². The molecule has 0 aliphatic heterocycles. The average molecular weight is 310 g/mol. The highest BCUT2D eigenvalue weighted by Crippen LogP contribution is 2.27. The van der Waals surface area contributed by atoms with Crippen molar-refractivity contribution in [1.29, 1.82) is 0 Å². The summed E-state index contributed by atoms with van der Waals surface area (Å²) in [5.74, 6) is -0.795. The third-order valence-corrected chi connectivity index (χ3v) is 4.88. The van der Waals surface area contributed by atoms with Crippen LogP contribution in [0, 0.1) is 11.8 Å². The lowest BCUT2D eigenvalue weighted by Crippen LogP contribution is -2.43. The summed E-state index contributed by atoms with van der Waals surface area (Å²) < 4.78 is 0. The Labute approximate surface area is 128 Å². The van der Waals surface area contributed by atoms with E-state index < -0.39 is 5.97 Å². The van der Waals surface area contributed by atoms with Crippen LogP contribution in [0.25, 0.3) is 0 Å². The van der Waals surface area contributed by atoms with E-state index in [1.807, 2.05) is 17.5 Å². The van der Waals surface area contributed by atoms with Gasteiger partial charge in [-0.25, -0.2) is 4.79 Å². The molecule has 0 saturated heterocycles. The SMILES string of the molecule is CC(C)C(NC(=O)N[C@H]1CC[C@@H](C(=O)O)C1)c1cccs1. The van der Waals surface area contributed by atoms with Crippen molar-refractivity contribution in [2.75, 3.05) is 0 Å². The van der Waals surface area contributed by atoms with Crippen molar-refractivity contribution >= 4 is 23.3 Å². The lowest BCUT2D eigenvalue weighted by atomic mass is 10.0. The first-order valence-electron chi connectivity index (χ1n) is 7.30. The lowest BCUT2D eigenvalue weighted by Gasteiger charge is -2.23. The molecule has 3 N–H and O–H groups in total. The number of carboxylic acid groups (broad SMARTS) is 1. The number of nitrogens with one attached hydrogen (secondary N) is 2. The van der Waals surface area contributed by atoms with E-state index >= 15 is 0 Å². The number of hydrogen-bond acceptors (Lipinski definition) is 3. The van der Waals surface area contributed by atoms with Crippen molar-refractivity contribution in [2.45, 2.75) is 45.2 Å². The molecule has 1 fully saturated rings. The predicted molar refractivity (Wildman–Crippen MR) is 82.3 cm³/mol. The minimum atomic E-state index is -0.765. The van der Waals surface area contributed by atoms with Crippen LogP contribution in [-0.2, 0) is 4.79 Å². The molecule has 1 aliphatic rings. The fourth-order valence-electron chi connectivity index (χ4n) is 2.74. The smallest absolute Gasteiger partial charge is 0.315 e. The first-order chi connectivity index (χ1) is 9.97. The highest BCUT2D eigenvalue weighted by molar-refractivity contribution is 7.10. The second-order valence-corrected chi connectivity index (χ2v) is 6.88. The molecular weight excluding hydrogens is 288 g/mol. The molecule has 1 aromatic heterocycles. The minimum Gasteiger partial charge on any atom is -0.481 e. The predicted octanol–water partition coefficient (Wildman–Crippen LogP) is 3.00. The van der Waals surface area contributed by atoms with Gasteiger partial charge >= 0.3 is 12.0 Å². The molecule has 2 amide bonds. The van der Waals surface area contributed by atoms with E-state index in [2.05, 4.69) is 24.5 Å². The van der Waals surface area contributed by atoms with Gasteiger partial charge in [0, 0.05) is 10.9 Å². The van der Waals surface area contributed by atoms with Gasteiger partial charge in [0.15, 0.2) is 0 Å². The van der Waals surface area contributed by atoms with Crippen molar-refractivity contribution in [3.8, 4) is 0 Å². The largest absolute Gasteiger partial charge is 0.481 e. The second kappa shape index (κ2) is 6.93. The van der Waals surface area contributed by atoms with Crippen LogP contribution in [0.15, 0.2) is 17.5 Å². The highest BCUT2D eigenvalue weighted by atomic mass is 32.1. The topological polar surface area (TPSA) is 78.4 Å². The molecule has 1 aromatic rings. The number of urea groups is 1. The van der Waals surface area contributed by atoms with Gasteiger partial charge in [-0.1, -0.05) is 19.9 Å². The number of amides is 2. The third-order valence-electron chi connectivity index (χ3n) is 3.92. The lowest BCUT2D eigenvalue weighted by molar-refractivity contribution is -0.141. The van der Waals surface area contributed by atoms with Gasteiger partial charge in [-0.05, 0) is 36.6 Å². The Morgan fingerprint density at radius 2 is 2.14 bits per heavy atom. The highest BCUT2D eigenvalue weighted by Gasteiger charge is 2.31. The molecule has 21 heavy (non-hydrogen) atoms. The zero-order valence-electron chi connectivity index (χ0n) is 12.3. The summed E-state index contributed by atoms with van der Waals surface area (Å²) >= 11 is 1.63. The average Bonchev–Trinajstić information content (AvgIpc) is 3.06. The quantitative estimate of drug-likeness (QED) is 0.782. The molecule has 1 aliphatic carbocycles. The van der Waals surface area contributed by atoms with Crippen molar-refractivity contribution in [1.82, 2.24) is 10.6 Å². The third kappa shape index (κ3) is 4.20. The standard InChI is InChI=1S/C15H22N2O3S/c1-9(2)13(12-4-3-7-21-12)17-15(20)16-11-6-5-10(8-11)14(18)19/h3-4,7,9-11,13H,5-6,8H2,1-2H3,(H,18,19)(H2,16,17,20)/t10-,11+,13?/m1/s1. The monoisotopic (exact) mass is 310 g/mol. The molecule has 116 valence electrons. The molecule has 1 saturated carbocycles. The van der Waals surface area contributed by atoms with Gasteiger partial charge in [-0.3, -0.25) is 4.79 Å². The number of carbonyl (C=O) groups excluding carboxylic acids is 1. The zero-order chi connectivity index (χ0) is 15.4. The molecule has 0 spiro atoms. The summed E-state index contributed by atoms with van der Waals surface area (Å²) in [6.45, 7) is 4.14. The normalized spacial score (nSPS) is 23.0. The molecule has 1 heterocycles. The van der Waals surface area contributed by atoms with Crippen LogP contribution < -0.4 is 10.6 Å². The maximum absolute atomic E-state index is 12.1. The molecule has 0 aromatic carbocycles. The summed E-state index contributed by atoms with van der Waals surface area (Å²) in [6, 6.07) is 3.73. The van der Waals surface area contributed by atoms with E-state index in [4.69, 9.17) is 5.11 Å². The van der Waals surface area contributed by atoms with Crippen LogP contribution >= 0.6 is 11.3 Å². The van der Waals surface area contributed by atoms with Crippen molar-refractivity contribution < 1.29 is 14.7 Å². The molecular formula is C15H22N2O3S. The number of aliphatic carboxylic acids is 1. The number of rotatable bonds is 5. The molecule has 2 rings (SSSR count). The van der Waals surface area contributed by atoms with Gasteiger partial charge in [0.05, 0.1) is 12.0 Å². The fraction of sp³-hybridized carbons (Fsp3) is 0.600. The molecule has 3 atom stereocenters. The van der Waals surface area contributed by atoms with Crippen LogP contribution in [0.1, 0.15) is 44.0 Å². The summed E-state index contributed by atoms with van der Waals surface area (Å²) in [6.07, 6.45) is 1.89. The summed E-state index contributed by atoms with van der Waals surface area (Å²) in [4.78, 5) is 24.2. The first kappa shape index (κ1) is 15.8. The van der Waals surface area contributed by atoms with E-state index in [0.29, 0.717) is 18.8 Å². The Morgan fingerprint density at radius 1 is 1.38 bits per heavy atom. The summed E-state index contributed by atoms with van der Waals surface area (Å²) in [5.41, 5.74) is 0. The Kier molecular flexibility index (Phi) is 5.22. The number of carbonyl (C=O) groups is 2. The van der Waals surface area contributed by atoms with Gasteiger partial charge in [0.2, 0.25) is 0 Å². The number of carboxylic acids is 1. The summed E-state index contributed by atoms with van der Waals surface area (Å²) in [5, 5.41) is 16.9. The van der Waals surface area contributed by atoms with E-state index in [1.54, 1.807) is 11.3 Å². The van der Waals surface area contributed by atoms with Crippen LogP contribution in [-0.4, -0.2) is 23.1 Å².